The number of aryl methyl sites for hydroxylation is 1. The van der Waals surface area contributed by atoms with Crippen molar-refractivity contribution in [3.05, 3.63) is 83.9 Å². The summed E-state index contributed by atoms with van der Waals surface area (Å²) in [6, 6.07) is 27.9. The molecule has 212 valence electrons. The fourth-order valence-corrected chi connectivity index (χ4v) is 5.83. The van der Waals surface area contributed by atoms with Crippen LogP contribution in [0.2, 0.25) is 0 Å². The summed E-state index contributed by atoms with van der Waals surface area (Å²) < 4.78 is 0. The van der Waals surface area contributed by atoms with Crippen molar-refractivity contribution >= 4 is 11.4 Å². The Morgan fingerprint density at radius 1 is 0.564 bits per heavy atom. The smallest absolute Gasteiger partial charge is 0.0418 e. The maximum atomic E-state index is 2.60. The lowest BCUT2D eigenvalue weighted by atomic mass is 9.77. The van der Waals surface area contributed by atoms with Crippen molar-refractivity contribution in [1.29, 1.82) is 0 Å². The highest BCUT2D eigenvalue weighted by molar-refractivity contribution is 5.71. The van der Waals surface area contributed by atoms with Crippen LogP contribution in [0.4, 0.5) is 11.4 Å². The summed E-state index contributed by atoms with van der Waals surface area (Å²) in [5.74, 6) is 0. The Morgan fingerprint density at radius 3 is 1.69 bits per heavy atom. The molecule has 0 heterocycles. The van der Waals surface area contributed by atoms with Gasteiger partial charge in [0.2, 0.25) is 0 Å². The second-order valence-electron chi connectivity index (χ2n) is 12.1. The topological polar surface area (TPSA) is 3.24 Å². The highest BCUT2D eigenvalue weighted by Crippen LogP contribution is 2.39. The van der Waals surface area contributed by atoms with Crippen LogP contribution in [0.15, 0.2) is 72.8 Å². The second kappa shape index (κ2) is 14.7. The van der Waals surface area contributed by atoms with Crippen LogP contribution >= 0.6 is 0 Å². The van der Waals surface area contributed by atoms with E-state index in [4.69, 9.17) is 0 Å². The van der Waals surface area contributed by atoms with Crippen molar-refractivity contribution in [2.45, 2.75) is 130 Å². The van der Waals surface area contributed by atoms with E-state index in [0.29, 0.717) is 0 Å². The van der Waals surface area contributed by atoms with Crippen LogP contribution in [0, 0.1) is 0 Å². The van der Waals surface area contributed by atoms with Crippen molar-refractivity contribution in [1.82, 2.24) is 0 Å². The zero-order valence-electron chi connectivity index (χ0n) is 26.2. The van der Waals surface area contributed by atoms with Crippen LogP contribution < -0.4 is 4.90 Å². The molecule has 0 spiro atoms. The maximum Gasteiger partial charge on any atom is 0.0418 e. The molecule has 0 fully saturated rings. The van der Waals surface area contributed by atoms with Gasteiger partial charge in [-0.15, -0.1) is 0 Å². The first-order valence-corrected chi connectivity index (χ1v) is 15.9. The molecule has 3 aromatic rings. The molecule has 0 radical (unpaired) electrons. The monoisotopic (exact) mass is 525 g/mol. The highest BCUT2D eigenvalue weighted by atomic mass is 15.2. The fraction of sp³-hybridized carbons (Fsp3) is 0.526. The number of benzene rings is 3. The van der Waals surface area contributed by atoms with Crippen LogP contribution in [0.25, 0.3) is 11.1 Å². The van der Waals surface area contributed by atoms with E-state index in [-0.39, 0.29) is 11.0 Å². The Kier molecular flexibility index (Phi) is 11.7. The average molecular weight is 526 g/mol. The molecule has 0 aliphatic carbocycles. The second-order valence-corrected chi connectivity index (χ2v) is 12.1. The third-order valence-corrected chi connectivity index (χ3v) is 9.65. The number of rotatable bonds is 16. The first kappa shape index (κ1) is 31.0. The number of hydrogen-bond acceptors (Lipinski definition) is 1. The highest BCUT2D eigenvalue weighted by Gasteiger charge is 2.30. The lowest BCUT2D eigenvalue weighted by molar-refractivity contribution is 0.427. The minimum absolute atomic E-state index is 0.0622. The van der Waals surface area contributed by atoms with E-state index in [0.717, 1.165) is 12.8 Å². The molecule has 3 aromatic carbocycles. The van der Waals surface area contributed by atoms with E-state index in [1.807, 2.05) is 0 Å². The number of nitrogens with zero attached hydrogens (tertiary/aromatic N) is 1. The average Bonchev–Trinajstić information content (AvgIpc) is 2.99. The van der Waals surface area contributed by atoms with Gasteiger partial charge in [0.05, 0.1) is 0 Å². The summed E-state index contributed by atoms with van der Waals surface area (Å²) in [7, 11) is 0. The van der Waals surface area contributed by atoms with Gasteiger partial charge in [0.15, 0.2) is 0 Å². The van der Waals surface area contributed by atoms with Crippen molar-refractivity contribution < 1.29 is 0 Å². The number of hydrogen-bond donors (Lipinski definition) is 0. The Balaban J connectivity index is 1.84. The lowest BCUT2D eigenvalue weighted by Gasteiger charge is -2.42. The van der Waals surface area contributed by atoms with Gasteiger partial charge in [0.1, 0.15) is 0 Å². The number of unbranched alkanes of at least 4 members (excludes halogenated alkanes) is 5. The largest absolute Gasteiger partial charge is 0.336 e. The third-order valence-electron chi connectivity index (χ3n) is 9.65. The van der Waals surface area contributed by atoms with E-state index in [9.17, 15) is 0 Å². The predicted molar refractivity (Wildman–Crippen MR) is 174 cm³/mol. The number of anilines is 2. The van der Waals surface area contributed by atoms with Gasteiger partial charge in [-0.25, -0.2) is 0 Å². The molecule has 0 aromatic heterocycles. The Bertz CT molecular complexity index is 1100. The van der Waals surface area contributed by atoms with Gasteiger partial charge in [-0.1, -0.05) is 122 Å². The summed E-state index contributed by atoms with van der Waals surface area (Å²) in [5.41, 5.74) is 8.41. The van der Waals surface area contributed by atoms with Crippen LogP contribution in [0.1, 0.15) is 124 Å². The summed E-state index contributed by atoms with van der Waals surface area (Å²) >= 11 is 0. The summed E-state index contributed by atoms with van der Waals surface area (Å²) in [6.45, 7) is 16.3. The van der Waals surface area contributed by atoms with E-state index < -0.39 is 0 Å². The molecule has 1 nitrogen and oxygen atoms in total. The van der Waals surface area contributed by atoms with Gasteiger partial charge >= 0.3 is 0 Å². The standard InChI is InChI=1S/C38H55N/c1-8-13-14-15-16-17-19-31-20-18-21-36(30-31)39(38(7,11-4)12-5)35-28-24-33(25-29-35)32-22-26-34(27-23-32)37(6,9-2)10-3/h18,20-30H,8-17,19H2,1-7H3. The molecule has 0 saturated carbocycles. The van der Waals surface area contributed by atoms with Crippen LogP contribution in [-0.4, -0.2) is 5.54 Å². The molecule has 3 rings (SSSR count). The molecule has 0 aliphatic rings. The van der Waals surface area contributed by atoms with Crippen molar-refractivity contribution in [3.8, 4) is 11.1 Å². The molecule has 1 heteroatoms. The molecular formula is C38H55N. The molecule has 0 unspecified atom stereocenters. The first-order valence-electron chi connectivity index (χ1n) is 15.9. The first-order chi connectivity index (χ1) is 18.8. The van der Waals surface area contributed by atoms with Gasteiger partial charge in [0, 0.05) is 16.9 Å². The van der Waals surface area contributed by atoms with Gasteiger partial charge in [0.25, 0.3) is 0 Å². The SMILES string of the molecule is CCCCCCCCc1cccc(N(c2ccc(-c3ccc(C(C)(CC)CC)cc3)cc2)C(C)(CC)CC)c1. The third kappa shape index (κ3) is 7.77. The summed E-state index contributed by atoms with van der Waals surface area (Å²) in [4.78, 5) is 2.60. The van der Waals surface area contributed by atoms with Gasteiger partial charge in [-0.2, -0.15) is 0 Å². The molecule has 0 saturated heterocycles. The van der Waals surface area contributed by atoms with Gasteiger partial charge < -0.3 is 4.90 Å². The Labute approximate surface area is 241 Å². The normalized spacial score (nSPS) is 12.1. The Hall–Kier alpha value is -2.54. The molecule has 39 heavy (non-hydrogen) atoms. The van der Waals surface area contributed by atoms with Gasteiger partial charge in [-0.3, -0.25) is 0 Å². The predicted octanol–water partition coefficient (Wildman–Crippen LogP) is 12.1. The van der Waals surface area contributed by atoms with Crippen molar-refractivity contribution in [2.24, 2.45) is 0 Å². The molecule has 0 bridgehead atoms. The lowest BCUT2D eigenvalue weighted by Crippen LogP contribution is -2.42. The zero-order chi connectivity index (χ0) is 28.3. The van der Waals surface area contributed by atoms with Crippen molar-refractivity contribution in [2.75, 3.05) is 4.90 Å². The zero-order valence-corrected chi connectivity index (χ0v) is 26.2. The quantitative estimate of drug-likeness (QED) is 0.168. The van der Waals surface area contributed by atoms with Crippen LogP contribution in [0.5, 0.6) is 0 Å². The van der Waals surface area contributed by atoms with Gasteiger partial charge in [-0.05, 0) is 97.4 Å². The fourth-order valence-electron chi connectivity index (χ4n) is 5.83. The van der Waals surface area contributed by atoms with Crippen molar-refractivity contribution in [3.63, 3.8) is 0 Å². The van der Waals surface area contributed by atoms with E-state index in [1.165, 1.54) is 91.4 Å². The molecule has 0 atom stereocenters. The summed E-state index contributed by atoms with van der Waals surface area (Å²) in [5, 5.41) is 0. The minimum atomic E-state index is 0.0622. The maximum absolute atomic E-state index is 2.60. The van der Waals surface area contributed by atoms with E-state index >= 15 is 0 Å². The summed E-state index contributed by atoms with van der Waals surface area (Å²) in [6.07, 6.45) is 13.8. The molecule has 0 N–H and O–H groups in total. The van der Waals surface area contributed by atoms with E-state index in [1.54, 1.807) is 0 Å². The molecular weight excluding hydrogens is 470 g/mol. The molecule has 0 aliphatic heterocycles. The van der Waals surface area contributed by atoms with E-state index in [2.05, 4.69) is 126 Å². The minimum Gasteiger partial charge on any atom is -0.336 e. The molecule has 0 amide bonds. The van der Waals surface area contributed by atoms with Crippen LogP contribution in [-0.2, 0) is 11.8 Å². The van der Waals surface area contributed by atoms with Crippen LogP contribution in [0.3, 0.4) is 0 Å². The Morgan fingerprint density at radius 2 is 1.13 bits per heavy atom.